The van der Waals surface area contributed by atoms with Gasteiger partial charge in [0, 0.05) is 42.2 Å². The number of phenolic OH excluding ortho intramolecular Hbond substituents is 1. The molecule has 2 heterocycles. The van der Waals surface area contributed by atoms with E-state index in [2.05, 4.69) is 4.98 Å². The minimum absolute atomic E-state index is 0.125. The number of benzene rings is 1. The normalized spacial score (nSPS) is 11.1. The Bertz CT molecular complexity index is 867. The van der Waals surface area contributed by atoms with Gasteiger partial charge in [-0.15, -0.1) is 0 Å². The average molecular weight is 302 g/mol. The molecule has 0 saturated carbocycles. The van der Waals surface area contributed by atoms with Crippen LogP contribution in [0.4, 0.5) is 0 Å². The molecular formula is C15H14N2O3S. The lowest BCUT2D eigenvalue weighted by Crippen LogP contribution is -2.01. The molecule has 1 aromatic carbocycles. The molecule has 2 aromatic heterocycles. The van der Waals surface area contributed by atoms with Gasteiger partial charge in [0.25, 0.3) is 0 Å². The van der Waals surface area contributed by atoms with Crippen molar-refractivity contribution in [2.75, 3.05) is 0 Å². The topological polar surface area (TPSA) is 68.3 Å². The SMILES string of the molecule is Cc1c(O)ccc2c(CSc3nccn3C)cc(=O)oc12. The van der Waals surface area contributed by atoms with Crippen LogP contribution in [-0.2, 0) is 12.8 Å². The Kier molecular flexibility index (Phi) is 3.47. The first kappa shape index (κ1) is 13.8. The van der Waals surface area contributed by atoms with Gasteiger partial charge in [0.2, 0.25) is 0 Å². The third-order valence-corrected chi connectivity index (χ3v) is 4.46. The Morgan fingerprint density at radius 1 is 1.43 bits per heavy atom. The van der Waals surface area contributed by atoms with E-state index in [1.54, 1.807) is 37.0 Å². The van der Waals surface area contributed by atoms with Gasteiger partial charge in [-0.2, -0.15) is 0 Å². The number of phenols is 1. The molecule has 0 fully saturated rings. The number of aromatic nitrogens is 2. The molecule has 0 radical (unpaired) electrons. The fraction of sp³-hybridized carbons (Fsp3) is 0.200. The molecule has 0 spiro atoms. The summed E-state index contributed by atoms with van der Waals surface area (Å²) in [5.41, 5.74) is 1.48. The maximum atomic E-state index is 11.7. The summed E-state index contributed by atoms with van der Waals surface area (Å²) in [5.74, 6) is 0.733. The van der Waals surface area contributed by atoms with Gasteiger partial charge in [-0.05, 0) is 24.6 Å². The summed E-state index contributed by atoms with van der Waals surface area (Å²) < 4.78 is 7.15. The van der Waals surface area contributed by atoms with E-state index in [0.717, 1.165) is 16.1 Å². The maximum Gasteiger partial charge on any atom is 0.336 e. The van der Waals surface area contributed by atoms with Crippen LogP contribution in [0.1, 0.15) is 11.1 Å². The number of fused-ring (bicyclic) bond motifs is 1. The minimum Gasteiger partial charge on any atom is -0.508 e. The monoisotopic (exact) mass is 302 g/mol. The second-order valence-electron chi connectivity index (χ2n) is 4.79. The third kappa shape index (κ3) is 2.54. The van der Waals surface area contributed by atoms with E-state index in [9.17, 15) is 9.90 Å². The average Bonchev–Trinajstić information content (AvgIpc) is 2.86. The second kappa shape index (κ2) is 5.29. The van der Waals surface area contributed by atoms with Crippen molar-refractivity contribution in [3.8, 4) is 5.75 Å². The van der Waals surface area contributed by atoms with Crippen molar-refractivity contribution in [1.29, 1.82) is 0 Å². The summed E-state index contributed by atoms with van der Waals surface area (Å²) in [6.45, 7) is 1.73. The zero-order valence-corrected chi connectivity index (χ0v) is 12.5. The van der Waals surface area contributed by atoms with Crippen LogP contribution >= 0.6 is 11.8 Å². The van der Waals surface area contributed by atoms with Gasteiger partial charge in [-0.3, -0.25) is 0 Å². The van der Waals surface area contributed by atoms with E-state index >= 15 is 0 Å². The summed E-state index contributed by atoms with van der Waals surface area (Å²) in [7, 11) is 1.93. The summed E-state index contributed by atoms with van der Waals surface area (Å²) in [5, 5.41) is 11.5. The van der Waals surface area contributed by atoms with Crippen molar-refractivity contribution in [3.63, 3.8) is 0 Å². The fourth-order valence-corrected chi connectivity index (χ4v) is 3.09. The Hall–Kier alpha value is -2.21. The number of thioether (sulfide) groups is 1. The molecule has 6 heteroatoms. The van der Waals surface area contributed by atoms with Gasteiger partial charge in [-0.1, -0.05) is 11.8 Å². The zero-order valence-electron chi connectivity index (χ0n) is 11.7. The minimum atomic E-state index is -0.411. The number of rotatable bonds is 3. The molecule has 0 aliphatic heterocycles. The standard InChI is InChI=1S/C15H14N2O3S/c1-9-12(18)4-3-11-10(7-13(19)20-14(9)11)8-21-15-16-5-6-17(15)2/h3-7,18H,8H2,1-2H3. The zero-order chi connectivity index (χ0) is 15.0. The van der Waals surface area contributed by atoms with E-state index < -0.39 is 5.63 Å². The molecule has 0 aliphatic rings. The fourth-order valence-electron chi connectivity index (χ4n) is 2.17. The smallest absolute Gasteiger partial charge is 0.336 e. The van der Waals surface area contributed by atoms with Crippen LogP contribution in [0.15, 0.2) is 45.0 Å². The molecule has 0 saturated heterocycles. The molecule has 108 valence electrons. The van der Waals surface area contributed by atoms with Crippen molar-refractivity contribution in [2.24, 2.45) is 7.05 Å². The van der Waals surface area contributed by atoms with Crippen molar-refractivity contribution in [3.05, 3.63) is 52.1 Å². The number of aryl methyl sites for hydroxylation is 2. The molecule has 21 heavy (non-hydrogen) atoms. The lowest BCUT2D eigenvalue weighted by atomic mass is 10.1. The van der Waals surface area contributed by atoms with Crippen molar-refractivity contribution in [2.45, 2.75) is 17.8 Å². The molecule has 1 N–H and O–H groups in total. The van der Waals surface area contributed by atoms with Crippen LogP contribution in [-0.4, -0.2) is 14.7 Å². The summed E-state index contributed by atoms with van der Waals surface area (Å²) in [6, 6.07) is 4.89. The summed E-state index contributed by atoms with van der Waals surface area (Å²) in [4.78, 5) is 16.0. The highest BCUT2D eigenvalue weighted by Gasteiger charge is 2.11. The second-order valence-corrected chi connectivity index (χ2v) is 5.73. The van der Waals surface area contributed by atoms with E-state index in [4.69, 9.17) is 4.42 Å². The van der Waals surface area contributed by atoms with Crippen LogP contribution in [0.25, 0.3) is 11.0 Å². The number of hydrogen-bond acceptors (Lipinski definition) is 5. The van der Waals surface area contributed by atoms with Crippen molar-refractivity contribution >= 4 is 22.7 Å². The summed E-state index contributed by atoms with van der Waals surface area (Å²) in [6.07, 6.45) is 3.62. The molecule has 0 atom stereocenters. The number of nitrogens with zero attached hydrogens (tertiary/aromatic N) is 2. The van der Waals surface area contributed by atoms with Gasteiger partial charge in [0.15, 0.2) is 5.16 Å². The molecule has 0 unspecified atom stereocenters. The maximum absolute atomic E-state index is 11.7. The van der Waals surface area contributed by atoms with Crippen LogP contribution in [0.2, 0.25) is 0 Å². The first-order valence-electron chi connectivity index (χ1n) is 6.41. The van der Waals surface area contributed by atoms with Gasteiger partial charge in [-0.25, -0.2) is 9.78 Å². The highest BCUT2D eigenvalue weighted by atomic mass is 32.2. The van der Waals surface area contributed by atoms with Crippen LogP contribution < -0.4 is 5.63 Å². The number of hydrogen-bond donors (Lipinski definition) is 1. The molecule has 0 bridgehead atoms. The molecular weight excluding hydrogens is 288 g/mol. The summed E-state index contributed by atoms with van der Waals surface area (Å²) >= 11 is 1.55. The largest absolute Gasteiger partial charge is 0.508 e. The number of aromatic hydroxyl groups is 1. The van der Waals surface area contributed by atoms with E-state index in [1.807, 2.05) is 17.8 Å². The van der Waals surface area contributed by atoms with Crippen LogP contribution in [0.3, 0.4) is 0 Å². The Labute approximate surface area is 125 Å². The quantitative estimate of drug-likeness (QED) is 0.595. The highest BCUT2D eigenvalue weighted by Crippen LogP contribution is 2.30. The Morgan fingerprint density at radius 2 is 2.24 bits per heavy atom. The third-order valence-electron chi connectivity index (χ3n) is 3.35. The van der Waals surface area contributed by atoms with Gasteiger partial charge < -0.3 is 14.1 Å². The van der Waals surface area contributed by atoms with Crippen molar-refractivity contribution < 1.29 is 9.52 Å². The first-order chi connectivity index (χ1) is 10.1. The Balaban J connectivity index is 2.04. The van der Waals surface area contributed by atoms with Gasteiger partial charge >= 0.3 is 5.63 Å². The highest BCUT2D eigenvalue weighted by molar-refractivity contribution is 7.98. The van der Waals surface area contributed by atoms with Crippen LogP contribution in [0, 0.1) is 6.92 Å². The molecule has 5 nitrogen and oxygen atoms in total. The predicted molar refractivity (Wildman–Crippen MR) is 81.7 cm³/mol. The molecule has 0 amide bonds. The van der Waals surface area contributed by atoms with E-state index in [1.165, 1.54) is 6.07 Å². The van der Waals surface area contributed by atoms with Gasteiger partial charge in [0.05, 0.1) is 0 Å². The van der Waals surface area contributed by atoms with E-state index in [-0.39, 0.29) is 5.75 Å². The molecule has 3 aromatic rings. The molecule has 0 aliphatic carbocycles. The predicted octanol–water partition coefficient (Wildman–Crippen LogP) is 2.83. The number of imidazole rings is 1. The van der Waals surface area contributed by atoms with Crippen molar-refractivity contribution in [1.82, 2.24) is 9.55 Å². The Morgan fingerprint density at radius 3 is 2.95 bits per heavy atom. The van der Waals surface area contributed by atoms with Crippen LogP contribution in [0.5, 0.6) is 5.75 Å². The lowest BCUT2D eigenvalue weighted by Gasteiger charge is -2.08. The lowest BCUT2D eigenvalue weighted by molar-refractivity contribution is 0.468. The van der Waals surface area contributed by atoms with Gasteiger partial charge in [0.1, 0.15) is 11.3 Å². The van der Waals surface area contributed by atoms with E-state index in [0.29, 0.717) is 16.9 Å². The molecule has 3 rings (SSSR count). The first-order valence-corrected chi connectivity index (χ1v) is 7.40.